The quantitative estimate of drug-likeness (QED) is 0.653. The van der Waals surface area contributed by atoms with Crippen molar-refractivity contribution >= 4 is 10.9 Å². The van der Waals surface area contributed by atoms with Gasteiger partial charge in [-0.25, -0.2) is 0 Å². The molecule has 4 nitrogen and oxygen atoms in total. The highest BCUT2D eigenvalue weighted by Gasteiger charge is 2.34. The zero-order chi connectivity index (χ0) is 18.5. The number of hydrogen-bond donors (Lipinski definition) is 2. The fraction of sp³-hybridized carbons (Fsp3) is 0.391. The Morgan fingerprint density at radius 3 is 2.67 bits per heavy atom. The molecule has 1 fully saturated rings. The zero-order valence-corrected chi connectivity index (χ0v) is 16.0. The summed E-state index contributed by atoms with van der Waals surface area (Å²) in [6.45, 7) is 6.18. The van der Waals surface area contributed by atoms with Crippen molar-refractivity contribution in [1.29, 1.82) is 0 Å². The molecule has 2 heterocycles. The van der Waals surface area contributed by atoms with E-state index in [1.807, 2.05) is 13.1 Å². The lowest BCUT2D eigenvalue weighted by Crippen LogP contribution is -2.42. The van der Waals surface area contributed by atoms with Crippen molar-refractivity contribution in [3.05, 3.63) is 65.9 Å². The van der Waals surface area contributed by atoms with E-state index in [-0.39, 0.29) is 5.41 Å². The maximum absolute atomic E-state index is 5.66. The number of aromatic nitrogens is 1. The maximum atomic E-state index is 5.66. The molecule has 4 rings (SSSR count). The van der Waals surface area contributed by atoms with Crippen LogP contribution in [0.5, 0.6) is 5.75 Å². The Hall–Kier alpha value is -2.30. The molecule has 2 aromatic carbocycles. The second-order valence-electron chi connectivity index (χ2n) is 7.31. The van der Waals surface area contributed by atoms with Gasteiger partial charge in [0.25, 0.3) is 0 Å². The summed E-state index contributed by atoms with van der Waals surface area (Å²) in [4.78, 5) is 3.29. The summed E-state index contributed by atoms with van der Waals surface area (Å²) >= 11 is 0. The van der Waals surface area contributed by atoms with Crippen LogP contribution in [0.4, 0.5) is 0 Å². The number of benzene rings is 2. The van der Waals surface area contributed by atoms with Crippen LogP contribution in [-0.4, -0.2) is 31.3 Å². The van der Waals surface area contributed by atoms with Crippen LogP contribution < -0.4 is 10.1 Å². The van der Waals surface area contributed by atoms with Crippen molar-refractivity contribution in [3.63, 3.8) is 0 Å². The minimum Gasteiger partial charge on any atom is -0.494 e. The predicted octanol–water partition coefficient (Wildman–Crippen LogP) is 4.40. The van der Waals surface area contributed by atoms with Gasteiger partial charge in [-0.3, -0.25) is 0 Å². The number of nitrogens with one attached hydrogen (secondary N) is 2. The molecule has 0 aliphatic carbocycles. The van der Waals surface area contributed by atoms with E-state index in [9.17, 15) is 0 Å². The number of H-pyrrole nitrogens is 1. The first-order valence-corrected chi connectivity index (χ1v) is 9.87. The lowest BCUT2D eigenvalue weighted by molar-refractivity contribution is 0.0498. The third-order valence-electron chi connectivity index (χ3n) is 5.69. The standard InChI is InChI=1S/C23H28N2O2/c1-2-27-20-8-6-19(7-9-20)23(11-14-26-15-12-23)17-24-16-18-4-3-5-22-21(18)10-13-25-22/h3-10,13,24-25H,2,11-12,14-17H2,1H3. The lowest BCUT2D eigenvalue weighted by atomic mass is 9.74. The van der Waals surface area contributed by atoms with Crippen molar-refractivity contribution in [2.75, 3.05) is 26.4 Å². The lowest BCUT2D eigenvalue weighted by Gasteiger charge is -2.38. The van der Waals surface area contributed by atoms with Gasteiger partial charge in [0, 0.05) is 48.8 Å². The number of fused-ring (bicyclic) bond motifs is 1. The third kappa shape index (κ3) is 3.87. The van der Waals surface area contributed by atoms with E-state index in [1.54, 1.807) is 0 Å². The SMILES string of the molecule is CCOc1ccc(C2(CNCc3cccc4[nH]ccc34)CCOCC2)cc1. The first-order valence-electron chi connectivity index (χ1n) is 9.87. The molecule has 0 spiro atoms. The molecule has 0 bridgehead atoms. The minimum atomic E-state index is 0.120. The zero-order valence-electron chi connectivity index (χ0n) is 16.0. The molecule has 0 saturated carbocycles. The van der Waals surface area contributed by atoms with E-state index >= 15 is 0 Å². The van der Waals surface area contributed by atoms with E-state index in [4.69, 9.17) is 9.47 Å². The van der Waals surface area contributed by atoms with Gasteiger partial charge in [0.15, 0.2) is 0 Å². The van der Waals surface area contributed by atoms with Crippen molar-refractivity contribution in [3.8, 4) is 5.75 Å². The van der Waals surface area contributed by atoms with Crippen LogP contribution in [-0.2, 0) is 16.7 Å². The van der Waals surface area contributed by atoms with Crippen LogP contribution in [0.25, 0.3) is 10.9 Å². The smallest absolute Gasteiger partial charge is 0.119 e. The molecule has 0 amide bonds. The third-order valence-corrected chi connectivity index (χ3v) is 5.69. The highest BCUT2D eigenvalue weighted by Crippen LogP contribution is 2.35. The molecule has 2 N–H and O–H groups in total. The molecule has 0 atom stereocenters. The van der Waals surface area contributed by atoms with E-state index in [1.165, 1.54) is 22.0 Å². The summed E-state index contributed by atoms with van der Waals surface area (Å²) in [5.74, 6) is 0.940. The van der Waals surface area contributed by atoms with Gasteiger partial charge in [-0.2, -0.15) is 0 Å². The molecule has 0 unspecified atom stereocenters. The monoisotopic (exact) mass is 364 g/mol. The van der Waals surface area contributed by atoms with Crippen molar-refractivity contribution in [2.24, 2.45) is 0 Å². The van der Waals surface area contributed by atoms with Gasteiger partial charge in [-0.05, 0) is 55.2 Å². The van der Waals surface area contributed by atoms with Gasteiger partial charge in [0.2, 0.25) is 0 Å². The number of hydrogen-bond acceptors (Lipinski definition) is 3. The van der Waals surface area contributed by atoms with Crippen LogP contribution in [0.1, 0.15) is 30.9 Å². The van der Waals surface area contributed by atoms with E-state index in [0.29, 0.717) is 6.61 Å². The Morgan fingerprint density at radius 1 is 1.07 bits per heavy atom. The summed E-state index contributed by atoms with van der Waals surface area (Å²) < 4.78 is 11.3. The predicted molar refractivity (Wildman–Crippen MR) is 109 cm³/mol. The van der Waals surface area contributed by atoms with E-state index in [2.05, 4.69) is 58.8 Å². The second kappa shape index (κ2) is 8.15. The van der Waals surface area contributed by atoms with Crippen molar-refractivity contribution in [1.82, 2.24) is 10.3 Å². The largest absolute Gasteiger partial charge is 0.494 e. The fourth-order valence-corrected chi connectivity index (χ4v) is 4.14. The molecule has 1 aliphatic rings. The molecule has 4 heteroatoms. The second-order valence-corrected chi connectivity index (χ2v) is 7.31. The van der Waals surface area contributed by atoms with Gasteiger partial charge >= 0.3 is 0 Å². The molecule has 1 saturated heterocycles. The van der Waals surface area contributed by atoms with Crippen LogP contribution in [0.15, 0.2) is 54.7 Å². The molecular formula is C23H28N2O2. The van der Waals surface area contributed by atoms with Crippen molar-refractivity contribution in [2.45, 2.75) is 31.7 Å². The Balaban J connectivity index is 1.49. The molecule has 1 aromatic heterocycles. The van der Waals surface area contributed by atoms with Gasteiger partial charge in [0.05, 0.1) is 6.61 Å². The summed E-state index contributed by atoms with van der Waals surface area (Å²) in [5.41, 5.74) is 4.03. The topological polar surface area (TPSA) is 46.3 Å². The van der Waals surface area contributed by atoms with E-state index in [0.717, 1.165) is 44.9 Å². The Morgan fingerprint density at radius 2 is 1.89 bits per heavy atom. The number of aromatic amines is 1. The van der Waals surface area contributed by atoms with Crippen LogP contribution in [0, 0.1) is 0 Å². The highest BCUT2D eigenvalue weighted by molar-refractivity contribution is 5.82. The molecule has 1 aliphatic heterocycles. The van der Waals surface area contributed by atoms with Crippen LogP contribution in [0.3, 0.4) is 0 Å². The average molecular weight is 364 g/mol. The fourth-order valence-electron chi connectivity index (χ4n) is 4.14. The maximum Gasteiger partial charge on any atom is 0.119 e. The molecule has 142 valence electrons. The Bertz CT molecular complexity index is 863. The summed E-state index contributed by atoms with van der Waals surface area (Å²) in [7, 11) is 0. The Kier molecular flexibility index (Phi) is 5.46. The van der Waals surface area contributed by atoms with Crippen molar-refractivity contribution < 1.29 is 9.47 Å². The molecule has 0 radical (unpaired) electrons. The first kappa shape index (κ1) is 18.1. The van der Waals surface area contributed by atoms with E-state index < -0.39 is 0 Å². The summed E-state index contributed by atoms with van der Waals surface area (Å²) in [6, 6.07) is 17.2. The van der Waals surface area contributed by atoms with Crippen LogP contribution >= 0.6 is 0 Å². The highest BCUT2D eigenvalue weighted by atomic mass is 16.5. The number of rotatable bonds is 7. The molecular weight excluding hydrogens is 336 g/mol. The first-order chi connectivity index (χ1) is 13.3. The Labute approximate surface area is 160 Å². The summed E-state index contributed by atoms with van der Waals surface area (Å²) in [5, 5.41) is 5.03. The number of ether oxygens (including phenoxy) is 2. The van der Waals surface area contributed by atoms with Crippen LogP contribution in [0.2, 0.25) is 0 Å². The molecule has 3 aromatic rings. The minimum absolute atomic E-state index is 0.120. The average Bonchev–Trinajstić information content (AvgIpc) is 3.19. The van der Waals surface area contributed by atoms with Gasteiger partial charge in [-0.15, -0.1) is 0 Å². The summed E-state index contributed by atoms with van der Waals surface area (Å²) in [6.07, 6.45) is 4.10. The van der Waals surface area contributed by atoms with Gasteiger partial charge in [0.1, 0.15) is 5.75 Å². The molecule has 27 heavy (non-hydrogen) atoms. The normalized spacial score (nSPS) is 16.5. The van der Waals surface area contributed by atoms with Gasteiger partial charge in [-0.1, -0.05) is 24.3 Å². The van der Waals surface area contributed by atoms with Gasteiger partial charge < -0.3 is 19.8 Å².